The minimum atomic E-state index is 0.966. The van der Waals surface area contributed by atoms with E-state index in [9.17, 15) is 0 Å². The van der Waals surface area contributed by atoms with Crippen molar-refractivity contribution in [3.05, 3.63) is 73.5 Å². The predicted octanol–water partition coefficient (Wildman–Crippen LogP) is 4.41. The average molecular weight is 225 g/mol. The Bertz CT molecular complexity index is 466. The Balaban J connectivity index is 3.16. The van der Waals surface area contributed by atoms with Crippen molar-refractivity contribution in [2.75, 3.05) is 11.9 Å². The van der Waals surface area contributed by atoms with Crippen LogP contribution < -0.4 is 4.90 Å². The van der Waals surface area contributed by atoms with Gasteiger partial charge in [-0.05, 0) is 18.6 Å². The lowest BCUT2D eigenvalue weighted by Gasteiger charge is -2.22. The first-order chi connectivity index (χ1) is 8.07. The van der Waals surface area contributed by atoms with Crippen LogP contribution in [0.1, 0.15) is 12.5 Å². The number of benzene rings is 1. The van der Waals surface area contributed by atoms with E-state index < -0.39 is 0 Å². The van der Waals surface area contributed by atoms with Gasteiger partial charge in [-0.1, -0.05) is 56.2 Å². The van der Waals surface area contributed by atoms with E-state index in [1.165, 1.54) is 0 Å². The van der Waals surface area contributed by atoms with Gasteiger partial charge in [-0.15, -0.1) is 0 Å². The molecule has 88 valence electrons. The Morgan fingerprint density at radius 2 is 1.88 bits per heavy atom. The van der Waals surface area contributed by atoms with Gasteiger partial charge in [0.1, 0.15) is 0 Å². The molecule has 0 atom stereocenters. The highest BCUT2D eigenvalue weighted by Gasteiger charge is 2.07. The number of nitrogens with zero attached hydrogens (tertiary/aromatic N) is 1. The van der Waals surface area contributed by atoms with Crippen molar-refractivity contribution in [1.29, 1.82) is 0 Å². The van der Waals surface area contributed by atoms with Crippen molar-refractivity contribution in [3.8, 4) is 0 Å². The largest absolute Gasteiger partial charge is 0.349 e. The van der Waals surface area contributed by atoms with Crippen LogP contribution in [-0.4, -0.2) is 7.05 Å². The third kappa shape index (κ3) is 3.22. The molecule has 0 bridgehead atoms. The Morgan fingerprint density at radius 1 is 1.24 bits per heavy atom. The van der Waals surface area contributed by atoms with Gasteiger partial charge in [0.25, 0.3) is 0 Å². The maximum Gasteiger partial charge on any atom is 0.0484 e. The molecule has 0 amide bonds. The normalized spacial score (nSPS) is 10.2. The monoisotopic (exact) mass is 225 g/mol. The van der Waals surface area contributed by atoms with Crippen molar-refractivity contribution in [1.82, 2.24) is 0 Å². The van der Waals surface area contributed by atoms with Gasteiger partial charge in [-0.25, -0.2) is 0 Å². The second kappa shape index (κ2) is 5.90. The summed E-state index contributed by atoms with van der Waals surface area (Å²) >= 11 is 0. The topological polar surface area (TPSA) is 3.24 Å². The van der Waals surface area contributed by atoms with Crippen molar-refractivity contribution in [2.45, 2.75) is 6.92 Å². The fraction of sp³-hybridized carbons (Fsp3) is 0.125. The summed E-state index contributed by atoms with van der Waals surface area (Å²) in [6, 6.07) is 8.16. The molecule has 1 aromatic rings. The van der Waals surface area contributed by atoms with Crippen LogP contribution in [0.5, 0.6) is 0 Å². The molecule has 0 radical (unpaired) electrons. The van der Waals surface area contributed by atoms with Crippen LogP contribution >= 0.6 is 0 Å². The molecule has 0 fully saturated rings. The summed E-state index contributed by atoms with van der Waals surface area (Å²) in [7, 11) is 2.01. The van der Waals surface area contributed by atoms with E-state index >= 15 is 0 Å². The van der Waals surface area contributed by atoms with Crippen molar-refractivity contribution >= 4 is 11.3 Å². The smallest absolute Gasteiger partial charge is 0.0484 e. The van der Waals surface area contributed by atoms with Crippen molar-refractivity contribution in [3.63, 3.8) is 0 Å². The standard InChI is InChI=1S/C16H19N/c1-6-7-10-14(4)15-11-8-9-12-16(15)17(5)13(2)3/h6-12H,1-2,4H2,3,5H3/b10-7-. The zero-order chi connectivity index (χ0) is 12.8. The average Bonchev–Trinajstić information content (AvgIpc) is 2.34. The van der Waals surface area contributed by atoms with Gasteiger partial charge < -0.3 is 4.90 Å². The van der Waals surface area contributed by atoms with Gasteiger partial charge in [0.15, 0.2) is 0 Å². The zero-order valence-corrected chi connectivity index (χ0v) is 10.6. The molecule has 1 nitrogen and oxygen atoms in total. The van der Waals surface area contributed by atoms with Gasteiger partial charge in [-0.3, -0.25) is 0 Å². The third-order valence-corrected chi connectivity index (χ3v) is 2.62. The number of rotatable bonds is 5. The Labute approximate surface area is 104 Å². The highest BCUT2D eigenvalue weighted by atomic mass is 15.1. The molecular formula is C16H19N. The van der Waals surface area contributed by atoms with Crippen molar-refractivity contribution in [2.24, 2.45) is 0 Å². The molecule has 17 heavy (non-hydrogen) atoms. The van der Waals surface area contributed by atoms with Gasteiger partial charge in [0, 0.05) is 24.0 Å². The summed E-state index contributed by atoms with van der Waals surface area (Å²) < 4.78 is 0. The Kier molecular flexibility index (Phi) is 4.53. The molecule has 0 saturated carbocycles. The molecule has 0 heterocycles. The quantitative estimate of drug-likeness (QED) is 0.671. The van der Waals surface area contributed by atoms with E-state index in [1.54, 1.807) is 6.08 Å². The number of hydrogen-bond donors (Lipinski definition) is 0. The molecule has 0 aromatic heterocycles. The molecule has 0 saturated heterocycles. The molecule has 0 aliphatic rings. The van der Waals surface area contributed by atoms with E-state index in [1.807, 2.05) is 38.3 Å². The van der Waals surface area contributed by atoms with Crippen LogP contribution in [0.15, 0.2) is 67.9 Å². The maximum atomic E-state index is 4.07. The summed E-state index contributed by atoms with van der Waals surface area (Å²) in [5.41, 5.74) is 4.18. The van der Waals surface area contributed by atoms with E-state index in [-0.39, 0.29) is 0 Å². The van der Waals surface area contributed by atoms with Gasteiger partial charge in [0.05, 0.1) is 0 Å². The number of allylic oxidation sites excluding steroid dienone is 5. The van der Waals surface area contributed by atoms with E-state index in [0.29, 0.717) is 0 Å². The fourth-order valence-electron chi connectivity index (χ4n) is 1.52. The van der Waals surface area contributed by atoms with Crippen molar-refractivity contribution < 1.29 is 0 Å². The second-order valence-electron chi connectivity index (χ2n) is 3.93. The SMILES string of the molecule is C=C/C=C\C(=C)c1ccccc1N(C)C(=C)C. The van der Waals surface area contributed by atoms with E-state index in [4.69, 9.17) is 0 Å². The summed E-state index contributed by atoms with van der Waals surface area (Å²) in [6.45, 7) is 13.7. The van der Waals surface area contributed by atoms with Crippen LogP contribution in [0, 0.1) is 0 Å². The molecule has 0 unspecified atom stereocenters. The summed E-state index contributed by atoms with van der Waals surface area (Å²) in [4.78, 5) is 2.06. The first-order valence-corrected chi connectivity index (χ1v) is 5.54. The first-order valence-electron chi connectivity index (χ1n) is 5.54. The second-order valence-corrected chi connectivity index (χ2v) is 3.93. The molecule has 1 rings (SSSR count). The van der Waals surface area contributed by atoms with E-state index in [2.05, 4.69) is 36.8 Å². The Hall–Kier alpha value is -2.02. The zero-order valence-electron chi connectivity index (χ0n) is 10.6. The van der Waals surface area contributed by atoms with Gasteiger partial charge in [0.2, 0.25) is 0 Å². The minimum absolute atomic E-state index is 0.966. The van der Waals surface area contributed by atoms with Gasteiger partial charge >= 0.3 is 0 Å². The van der Waals surface area contributed by atoms with Gasteiger partial charge in [-0.2, -0.15) is 0 Å². The lowest BCUT2D eigenvalue weighted by atomic mass is 10.0. The highest BCUT2D eigenvalue weighted by Crippen LogP contribution is 2.27. The molecule has 0 aliphatic carbocycles. The highest BCUT2D eigenvalue weighted by molar-refractivity contribution is 5.81. The minimum Gasteiger partial charge on any atom is -0.349 e. The summed E-state index contributed by atoms with van der Waals surface area (Å²) in [5, 5.41) is 0. The number of hydrogen-bond acceptors (Lipinski definition) is 1. The van der Waals surface area contributed by atoms with Crippen LogP contribution in [0.3, 0.4) is 0 Å². The van der Waals surface area contributed by atoms with Crippen LogP contribution in [0.4, 0.5) is 5.69 Å². The lowest BCUT2D eigenvalue weighted by molar-refractivity contribution is 1.10. The van der Waals surface area contributed by atoms with E-state index in [0.717, 1.165) is 22.5 Å². The lowest BCUT2D eigenvalue weighted by Crippen LogP contribution is -2.14. The third-order valence-electron chi connectivity index (χ3n) is 2.62. The number of anilines is 1. The molecule has 0 aliphatic heterocycles. The summed E-state index contributed by atoms with van der Waals surface area (Å²) in [5.74, 6) is 0. The summed E-state index contributed by atoms with van der Waals surface area (Å²) in [6.07, 6.45) is 5.59. The van der Waals surface area contributed by atoms with Crippen LogP contribution in [-0.2, 0) is 0 Å². The molecule has 1 aromatic carbocycles. The first kappa shape index (κ1) is 13.0. The molecule has 0 N–H and O–H groups in total. The predicted molar refractivity (Wildman–Crippen MR) is 78.0 cm³/mol. The fourth-order valence-corrected chi connectivity index (χ4v) is 1.52. The Morgan fingerprint density at radius 3 is 2.47 bits per heavy atom. The molecule has 1 heteroatoms. The molecular weight excluding hydrogens is 206 g/mol. The number of para-hydroxylation sites is 1. The maximum absolute atomic E-state index is 4.07. The van der Waals surface area contributed by atoms with Crippen LogP contribution in [0.2, 0.25) is 0 Å². The molecule has 0 spiro atoms. The van der Waals surface area contributed by atoms with Crippen LogP contribution in [0.25, 0.3) is 5.57 Å².